The maximum absolute atomic E-state index is 12.6. The molecule has 1 N–H and O–H groups in total. The zero-order valence-corrected chi connectivity index (χ0v) is 17.1. The molecule has 0 aliphatic carbocycles. The molecular weight excluding hydrogens is 329 g/mol. The number of hydrogen-bond acceptors (Lipinski definition) is 3. The quantitative estimate of drug-likeness (QED) is 0.594. The van der Waals surface area contributed by atoms with E-state index >= 15 is 0 Å². The molecule has 0 aromatic carbocycles. The molecule has 0 unspecified atom stereocenters. The molecule has 1 amide bonds. The Bertz CT molecular complexity index is 597. The number of nitrogens with one attached hydrogen (secondary N) is 1. The van der Waals surface area contributed by atoms with Gasteiger partial charge in [0.05, 0.1) is 11.9 Å². The van der Waals surface area contributed by atoms with Gasteiger partial charge < -0.3 is 5.32 Å². The number of amides is 1. The lowest BCUT2D eigenvalue weighted by Gasteiger charge is -2.01. The summed E-state index contributed by atoms with van der Waals surface area (Å²) in [5.74, 6) is -0.237. The fourth-order valence-electron chi connectivity index (χ4n) is 2.28. The highest BCUT2D eigenvalue weighted by atomic mass is 19.1. The van der Waals surface area contributed by atoms with Crippen molar-refractivity contribution < 1.29 is 9.18 Å². The molecule has 1 aliphatic heterocycles. The number of pyridine rings is 1. The van der Waals surface area contributed by atoms with Gasteiger partial charge in [0.25, 0.3) is 0 Å². The van der Waals surface area contributed by atoms with E-state index in [9.17, 15) is 9.18 Å². The maximum atomic E-state index is 12.6. The van der Waals surface area contributed by atoms with Gasteiger partial charge in [0.15, 0.2) is 0 Å². The van der Waals surface area contributed by atoms with Crippen LogP contribution in [0.5, 0.6) is 0 Å². The summed E-state index contributed by atoms with van der Waals surface area (Å²) in [6, 6.07) is 1.56. The van der Waals surface area contributed by atoms with Crippen molar-refractivity contribution in [1.82, 2.24) is 15.2 Å². The van der Waals surface area contributed by atoms with E-state index in [0.29, 0.717) is 6.41 Å². The summed E-state index contributed by atoms with van der Waals surface area (Å²) < 4.78 is 12.6. The average Bonchev–Trinajstić information content (AvgIpc) is 2.94. The lowest BCUT2D eigenvalue weighted by molar-refractivity contribution is -0.108. The van der Waals surface area contributed by atoms with Crippen LogP contribution in [0.15, 0.2) is 35.7 Å². The molecule has 0 spiro atoms. The predicted molar refractivity (Wildman–Crippen MR) is 107 cm³/mol. The van der Waals surface area contributed by atoms with E-state index in [1.807, 2.05) is 26.1 Å². The molecule has 0 saturated heterocycles. The van der Waals surface area contributed by atoms with Crippen LogP contribution in [0, 0.1) is 5.82 Å². The summed E-state index contributed by atoms with van der Waals surface area (Å²) >= 11 is 0. The van der Waals surface area contributed by atoms with Crippen molar-refractivity contribution in [2.24, 2.45) is 0 Å². The second-order valence-electron chi connectivity index (χ2n) is 6.51. The summed E-state index contributed by atoms with van der Waals surface area (Å²) in [4.78, 5) is 16.1. The summed E-state index contributed by atoms with van der Waals surface area (Å²) in [5, 5.41) is 2.58. The molecule has 4 nitrogen and oxygen atoms in total. The molecule has 5 heteroatoms. The third-order valence-corrected chi connectivity index (χ3v) is 3.44. The Morgan fingerprint density at radius 3 is 2.50 bits per heavy atom. The largest absolute Gasteiger partial charge is 0.333 e. The van der Waals surface area contributed by atoms with Crippen molar-refractivity contribution in [3.8, 4) is 0 Å². The molecule has 2 heterocycles. The lowest BCUT2D eigenvalue weighted by Crippen LogP contribution is -2.07. The highest BCUT2D eigenvalue weighted by molar-refractivity contribution is 5.49. The number of hydrogen-bond donors (Lipinski definition) is 1. The van der Waals surface area contributed by atoms with Crippen molar-refractivity contribution in [2.45, 2.75) is 67.0 Å². The number of fused-ring (bicyclic) bond motifs is 1. The van der Waals surface area contributed by atoms with Crippen LogP contribution in [-0.4, -0.2) is 23.3 Å². The second kappa shape index (κ2) is 14.2. The monoisotopic (exact) mass is 363 g/mol. The van der Waals surface area contributed by atoms with E-state index in [0.717, 1.165) is 42.9 Å². The van der Waals surface area contributed by atoms with E-state index in [-0.39, 0.29) is 5.82 Å². The van der Waals surface area contributed by atoms with E-state index < -0.39 is 0 Å². The Morgan fingerprint density at radius 1 is 1.27 bits per heavy atom. The molecular formula is C21H34FN3O. The first-order valence-corrected chi connectivity index (χ1v) is 9.23. The average molecular weight is 364 g/mol. The van der Waals surface area contributed by atoms with Crippen LogP contribution >= 0.6 is 0 Å². The van der Waals surface area contributed by atoms with Crippen LogP contribution in [0.4, 0.5) is 4.39 Å². The van der Waals surface area contributed by atoms with Gasteiger partial charge >= 0.3 is 0 Å². The van der Waals surface area contributed by atoms with E-state index in [4.69, 9.17) is 0 Å². The molecule has 0 saturated carbocycles. The Morgan fingerprint density at radius 2 is 1.92 bits per heavy atom. The Balaban J connectivity index is 0.000000418. The van der Waals surface area contributed by atoms with Gasteiger partial charge in [0, 0.05) is 18.8 Å². The van der Waals surface area contributed by atoms with Crippen molar-refractivity contribution in [3.05, 3.63) is 52.8 Å². The zero-order chi connectivity index (χ0) is 19.9. The normalized spacial score (nSPS) is 13.8. The number of aromatic nitrogens is 1. The second-order valence-corrected chi connectivity index (χ2v) is 6.51. The van der Waals surface area contributed by atoms with Crippen LogP contribution in [0.2, 0.25) is 0 Å². The zero-order valence-electron chi connectivity index (χ0n) is 17.1. The minimum absolute atomic E-state index is 0.237. The molecule has 0 radical (unpaired) electrons. The smallest absolute Gasteiger partial charge is 0.211 e. The van der Waals surface area contributed by atoms with Gasteiger partial charge in [-0.05, 0) is 45.0 Å². The summed E-state index contributed by atoms with van der Waals surface area (Å²) in [7, 11) is 2.00. The van der Waals surface area contributed by atoms with Gasteiger partial charge in [-0.1, -0.05) is 45.3 Å². The summed E-state index contributed by atoms with van der Waals surface area (Å²) in [5.41, 5.74) is 4.24. The summed E-state index contributed by atoms with van der Waals surface area (Å²) in [6.45, 7) is 12.0. The number of halogens is 1. The van der Waals surface area contributed by atoms with Crippen LogP contribution < -0.4 is 5.32 Å². The fraction of sp³-hybridized carbons (Fsp3) is 0.524. The molecule has 2 rings (SSSR count). The van der Waals surface area contributed by atoms with Crippen molar-refractivity contribution in [3.63, 3.8) is 0 Å². The maximum Gasteiger partial charge on any atom is 0.211 e. The highest BCUT2D eigenvalue weighted by Gasteiger charge is 2.16. The van der Waals surface area contributed by atoms with Crippen LogP contribution in [0.25, 0.3) is 0 Å². The minimum Gasteiger partial charge on any atom is -0.333 e. The molecule has 0 bridgehead atoms. The van der Waals surface area contributed by atoms with Gasteiger partial charge in [-0.25, -0.2) is 4.39 Å². The molecule has 1 aliphatic rings. The topological polar surface area (TPSA) is 45.2 Å². The minimum atomic E-state index is -0.237. The predicted octanol–water partition coefficient (Wildman–Crippen LogP) is 4.97. The lowest BCUT2D eigenvalue weighted by atomic mass is 10.1. The van der Waals surface area contributed by atoms with Crippen LogP contribution in [0.3, 0.4) is 0 Å². The van der Waals surface area contributed by atoms with Gasteiger partial charge in [0.2, 0.25) is 6.41 Å². The molecule has 26 heavy (non-hydrogen) atoms. The van der Waals surface area contributed by atoms with E-state index in [2.05, 4.69) is 42.9 Å². The molecule has 0 fully saturated rings. The first kappa shape index (κ1) is 24.0. The third-order valence-electron chi connectivity index (χ3n) is 3.44. The number of nitrogens with zero attached hydrogens (tertiary/aromatic N) is 2. The van der Waals surface area contributed by atoms with Gasteiger partial charge in [-0.2, -0.15) is 0 Å². The first-order valence-electron chi connectivity index (χ1n) is 9.23. The van der Waals surface area contributed by atoms with Crippen LogP contribution in [-0.2, 0) is 17.9 Å². The standard InChI is InChI=1S/C10H17NO.C8H9FN2.C3H8/c1-4-5-9(2)6-7-10(3)11-8-12;1-11-4-6-2-7(9)3-10-8(6)5-11;1-3-2/h6-8H,4-5H2,1-3H3,(H,11,12);2-3H,4-5H2,1H3;3H2,1-2H3/b9-6+,10-7+;;. The van der Waals surface area contributed by atoms with Crippen molar-refractivity contribution in [2.75, 3.05) is 7.05 Å². The Kier molecular flexibility index (Phi) is 13.1. The van der Waals surface area contributed by atoms with Gasteiger partial charge in [0.1, 0.15) is 5.82 Å². The van der Waals surface area contributed by atoms with Crippen molar-refractivity contribution in [1.29, 1.82) is 0 Å². The van der Waals surface area contributed by atoms with E-state index in [1.54, 1.807) is 6.07 Å². The number of carbonyl (C=O) groups is 1. The summed E-state index contributed by atoms with van der Waals surface area (Å²) in [6.07, 6.45) is 9.45. The third kappa shape index (κ3) is 10.8. The Hall–Kier alpha value is -2.01. The molecule has 1 aromatic heterocycles. The Labute approximate surface area is 158 Å². The van der Waals surface area contributed by atoms with E-state index in [1.165, 1.54) is 18.2 Å². The number of allylic oxidation sites excluding steroid dienone is 4. The highest BCUT2D eigenvalue weighted by Crippen LogP contribution is 2.18. The molecule has 0 atom stereocenters. The van der Waals surface area contributed by atoms with Crippen molar-refractivity contribution >= 4 is 6.41 Å². The SMILES string of the molecule is CCC.CCC/C(C)=C/C=C(\C)NC=O.CN1Cc2cc(F)cnc2C1. The molecule has 1 aromatic rings. The van der Waals surface area contributed by atoms with Crippen LogP contribution in [0.1, 0.15) is 65.1 Å². The van der Waals surface area contributed by atoms with Gasteiger partial charge in [-0.3, -0.25) is 14.7 Å². The fourth-order valence-corrected chi connectivity index (χ4v) is 2.28. The van der Waals surface area contributed by atoms with Gasteiger partial charge in [-0.15, -0.1) is 0 Å². The first-order chi connectivity index (χ1) is 12.4. The number of carbonyl (C=O) groups excluding carboxylic acids is 1. The number of rotatable bonds is 5. The molecule has 146 valence electrons.